The highest BCUT2D eigenvalue weighted by molar-refractivity contribution is 7.99. The summed E-state index contributed by atoms with van der Waals surface area (Å²) in [6, 6.07) is 12.2. The molecule has 0 spiro atoms. The third-order valence-corrected chi connectivity index (χ3v) is 9.06. The average Bonchev–Trinajstić information content (AvgIpc) is 3.37. The van der Waals surface area contributed by atoms with Crippen molar-refractivity contribution in [1.82, 2.24) is 4.31 Å². The number of hydrogen-bond donors (Lipinski definition) is 1. The second-order valence-electron chi connectivity index (χ2n) is 8.23. The molecule has 178 valence electrons. The summed E-state index contributed by atoms with van der Waals surface area (Å²) in [6.07, 6.45) is 5.06. The molecule has 2 aliphatic heterocycles. The minimum atomic E-state index is -3.71. The predicted octanol–water partition coefficient (Wildman–Crippen LogP) is 4.39. The molecule has 0 bridgehead atoms. The Morgan fingerprint density at radius 3 is 2.67 bits per heavy atom. The van der Waals surface area contributed by atoms with Gasteiger partial charge in [0.1, 0.15) is 10.6 Å². The van der Waals surface area contributed by atoms with Crippen LogP contribution in [0.2, 0.25) is 0 Å². The number of piperidine rings is 1. The second-order valence-corrected chi connectivity index (χ2v) is 11.2. The summed E-state index contributed by atoms with van der Waals surface area (Å²) >= 11 is 1.61. The lowest BCUT2D eigenvalue weighted by Crippen LogP contribution is -2.35. The molecule has 1 amide bonds. The average molecular weight is 491 g/mol. The van der Waals surface area contributed by atoms with Gasteiger partial charge in [-0.1, -0.05) is 18.6 Å². The zero-order chi connectivity index (χ0) is 23.3. The van der Waals surface area contributed by atoms with Crippen molar-refractivity contribution in [2.45, 2.75) is 48.0 Å². The van der Waals surface area contributed by atoms with E-state index in [-0.39, 0.29) is 22.7 Å². The lowest BCUT2D eigenvalue weighted by Gasteiger charge is -2.26. The van der Waals surface area contributed by atoms with Gasteiger partial charge < -0.3 is 14.8 Å². The van der Waals surface area contributed by atoms with Crippen LogP contribution in [0.5, 0.6) is 5.75 Å². The fraction of sp³-hybridized carbons (Fsp3) is 0.458. The van der Waals surface area contributed by atoms with Gasteiger partial charge in [0.05, 0.1) is 18.8 Å². The Bertz CT molecular complexity index is 1080. The largest absolute Gasteiger partial charge is 0.495 e. The number of carbonyl (C=O) groups is 1. The Morgan fingerprint density at radius 1 is 1.15 bits per heavy atom. The fourth-order valence-corrected chi connectivity index (χ4v) is 6.96. The molecule has 1 N–H and O–H groups in total. The van der Waals surface area contributed by atoms with Crippen molar-refractivity contribution in [3.63, 3.8) is 0 Å². The summed E-state index contributed by atoms with van der Waals surface area (Å²) in [4.78, 5) is 14.1. The van der Waals surface area contributed by atoms with E-state index in [1.165, 1.54) is 17.5 Å². The maximum atomic E-state index is 13.3. The summed E-state index contributed by atoms with van der Waals surface area (Å²) in [5.41, 5.74) is 0.965. The number of nitrogens with one attached hydrogen (secondary N) is 1. The van der Waals surface area contributed by atoms with Crippen LogP contribution in [-0.4, -0.2) is 57.3 Å². The summed E-state index contributed by atoms with van der Waals surface area (Å²) in [7, 11) is -2.27. The number of thioether (sulfide) groups is 1. The monoisotopic (exact) mass is 490 g/mol. The first kappa shape index (κ1) is 24.1. The van der Waals surface area contributed by atoms with Gasteiger partial charge in [-0.05, 0) is 56.0 Å². The molecule has 7 nitrogen and oxygen atoms in total. The number of carbonyl (C=O) groups excluding carboxylic acids is 1. The Labute approximate surface area is 199 Å². The molecule has 0 aromatic heterocycles. The van der Waals surface area contributed by atoms with Crippen LogP contribution in [0.25, 0.3) is 0 Å². The number of sulfonamides is 1. The predicted molar refractivity (Wildman–Crippen MR) is 130 cm³/mol. The van der Waals surface area contributed by atoms with Crippen molar-refractivity contribution >= 4 is 33.4 Å². The molecule has 0 aliphatic carbocycles. The van der Waals surface area contributed by atoms with E-state index >= 15 is 0 Å². The highest BCUT2D eigenvalue weighted by Gasteiger charge is 2.29. The van der Waals surface area contributed by atoms with Gasteiger partial charge in [0.2, 0.25) is 10.0 Å². The Balaban J connectivity index is 1.53. The minimum absolute atomic E-state index is 0.0748. The molecule has 0 unspecified atom stereocenters. The maximum Gasteiger partial charge on any atom is 0.256 e. The normalized spacial score (nSPS) is 19.4. The van der Waals surface area contributed by atoms with E-state index in [0.717, 1.165) is 49.4 Å². The standard InChI is InChI=1S/C24H30N2O5S2/c1-30-21-12-11-18(16-23(21)33(28,29)26-13-5-2-6-14-26)25-24(27)20-9-3-4-10-22(20)32-17-19-8-7-15-31-19/h3-4,9-12,16,19H,2,5-8,13-15,17H2,1H3,(H,25,27)/t19-/m1/s1. The maximum absolute atomic E-state index is 13.3. The molecule has 4 rings (SSSR count). The Kier molecular flexibility index (Phi) is 7.95. The van der Waals surface area contributed by atoms with Crippen LogP contribution in [0.1, 0.15) is 42.5 Å². The number of benzene rings is 2. The van der Waals surface area contributed by atoms with Crippen LogP contribution in [0.3, 0.4) is 0 Å². The molecule has 1 atom stereocenters. The number of anilines is 1. The highest BCUT2D eigenvalue weighted by Crippen LogP contribution is 2.32. The van der Waals surface area contributed by atoms with E-state index in [1.54, 1.807) is 30.0 Å². The highest BCUT2D eigenvalue weighted by atomic mass is 32.2. The van der Waals surface area contributed by atoms with Crippen molar-refractivity contribution < 1.29 is 22.7 Å². The van der Waals surface area contributed by atoms with Gasteiger partial charge in [-0.15, -0.1) is 11.8 Å². The third-order valence-electron chi connectivity index (χ3n) is 5.93. The van der Waals surface area contributed by atoms with Crippen LogP contribution in [-0.2, 0) is 14.8 Å². The van der Waals surface area contributed by atoms with Gasteiger partial charge in [-0.2, -0.15) is 4.31 Å². The number of methoxy groups -OCH3 is 1. The molecular weight excluding hydrogens is 460 g/mol. The molecule has 2 fully saturated rings. The molecule has 9 heteroatoms. The topological polar surface area (TPSA) is 84.9 Å². The van der Waals surface area contributed by atoms with Crippen LogP contribution < -0.4 is 10.1 Å². The number of rotatable bonds is 8. The Morgan fingerprint density at radius 2 is 1.94 bits per heavy atom. The Hall–Kier alpha value is -2.07. The zero-order valence-corrected chi connectivity index (χ0v) is 20.4. The quantitative estimate of drug-likeness (QED) is 0.553. The first-order chi connectivity index (χ1) is 16.0. The van der Waals surface area contributed by atoms with E-state index in [9.17, 15) is 13.2 Å². The molecule has 0 saturated carbocycles. The lowest BCUT2D eigenvalue weighted by molar-refractivity contribution is 0.102. The van der Waals surface area contributed by atoms with Crippen LogP contribution in [0.4, 0.5) is 5.69 Å². The first-order valence-electron chi connectivity index (χ1n) is 11.3. The number of nitrogens with zero attached hydrogens (tertiary/aromatic N) is 1. The molecule has 2 aliphatic rings. The van der Waals surface area contributed by atoms with Crippen molar-refractivity contribution in [1.29, 1.82) is 0 Å². The number of amides is 1. The van der Waals surface area contributed by atoms with Gasteiger partial charge in [0, 0.05) is 36.0 Å². The van der Waals surface area contributed by atoms with Crippen LogP contribution in [0, 0.1) is 0 Å². The van der Waals surface area contributed by atoms with Gasteiger partial charge in [0.25, 0.3) is 5.91 Å². The summed E-state index contributed by atoms with van der Waals surface area (Å²) in [5.74, 6) is 0.786. The van der Waals surface area contributed by atoms with Gasteiger partial charge in [-0.25, -0.2) is 8.42 Å². The van der Waals surface area contributed by atoms with Crippen LogP contribution >= 0.6 is 11.8 Å². The van der Waals surface area contributed by atoms with Crippen molar-refractivity contribution in [2.24, 2.45) is 0 Å². The number of hydrogen-bond acceptors (Lipinski definition) is 6. The minimum Gasteiger partial charge on any atom is -0.495 e. The van der Waals surface area contributed by atoms with Crippen molar-refractivity contribution in [3.05, 3.63) is 48.0 Å². The zero-order valence-electron chi connectivity index (χ0n) is 18.8. The van der Waals surface area contributed by atoms with Gasteiger partial charge in [0.15, 0.2) is 0 Å². The van der Waals surface area contributed by atoms with E-state index in [0.29, 0.717) is 24.3 Å². The molecule has 33 heavy (non-hydrogen) atoms. The molecule has 0 radical (unpaired) electrons. The van der Waals surface area contributed by atoms with Crippen LogP contribution in [0.15, 0.2) is 52.3 Å². The van der Waals surface area contributed by atoms with Gasteiger partial charge in [-0.3, -0.25) is 4.79 Å². The summed E-state index contributed by atoms with van der Waals surface area (Å²) in [5, 5.41) is 2.87. The summed E-state index contributed by atoms with van der Waals surface area (Å²) < 4.78 is 39.0. The fourth-order valence-electron chi connectivity index (χ4n) is 4.14. The molecule has 2 aromatic carbocycles. The molecule has 2 aromatic rings. The van der Waals surface area contributed by atoms with Crippen molar-refractivity contribution in [3.8, 4) is 5.75 Å². The van der Waals surface area contributed by atoms with Gasteiger partial charge >= 0.3 is 0 Å². The lowest BCUT2D eigenvalue weighted by atomic mass is 10.2. The third kappa shape index (κ3) is 5.71. The van der Waals surface area contributed by atoms with E-state index in [2.05, 4.69) is 5.32 Å². The first-order valence-corrected chi connectivity index (χ1v) is 13.7. The van der Waals surface area contributed by atoms with E-state index in [4.69, 9.17) is 9.47 Å². The molecule has 2 saturated heterocycles. The molecular formula is C24H30N2O5S2. The summed E-state index contributed by atoms with van der Waals surface area (Å²) in [6.45, 7) is 1.79. The molecule has 2 heterocycles. The second kappa shape index (κ2) is 10.9. The SMILES string of the molecule is COc1ccc(NC(=O)c2ccccc2SC[C@H]2CCCO2)cc1S(=O)(=O)N1CCCCC1. The number of ether oxygens (including phenoxy) is 2. The smallest absolute Gasteiger partial charge is 0.256 e. The van der Waals surface area contributed by atoms with E-state index in [1.807, 2.05) is 18.2 Å². The van der Waals surface area contributed by atoms with Crippen molar-refractivity contribution in [2.75, 3.05) is 37.9 Å². The van der Waals surface area contributed by atoms with E-state index < -0.39 is 10.0 Å².